The van der Waals surface area contributed by atoms with E-state index in [0.717, 1.165) is 40.7 Å². The minimum absolute atomic E-state index is 0.115. The van der Waals surface area contributed by atoms with Crippen molar-refractivity contribution in [1.29, 1.82) is 0 Å². The lowest BCUT2D eigenvalue weighted by molar-refractivity contribution is 0.238. The standard InChI is InChI=1S/C17H27Br2NO/c1-6-12(7-2)11-21-16-14(18)8-13(9-15(16)19)10-20-17(3,4)5/h8-9,12,20H,6-7,10-11H2,1-5H3. The summed E-state index contributed by atoms with van der Waals surface area (Å²) in [6.45, 7) is 12.5. The second kappa shape index (κ2) is 8.54. The summed E-state index contributed by atoms with van der Waals surface area (Å²) >= 11 is 7.26. The molecule has 0 amide bonds. The van der Waals surface area contributed by atoms with Crippen molar-refractivity contribution in [2.75, 3.05) is 6.61 Å². The molecule has 0 aliphatic heterocycles. The first-order valence-electron chi connectivity index (χ1n) is 7.62. The number of hydrogen-bond donors (Lipinski definition) is 1. The molecule has 0 aromatic heterocycles. The molecular weight excluding hydrogens is 394 g/mol. The molecule has 21 heavy (non-hydrogen) atoms. The van der Waals surface area contributed by atoms with Crippen molar-refractivity contribution in [2.45, 2.75) is 59.5 Å². The average molecular weight is 421 g/mol. The fourth-order valence-corrected chi connectivity index (χ4v) is 3.46. The molecule has 0 saturated heterocycles. The molecule has 0 aliphatic rings. The van der Waals surface area contributed by atoms with Gasteiger partial charge in [-0.05, 0) is 76.2 Å². The van der Waals surface area contributed by atoms with E-state index in [0.29, 0.717) is 5.92 Å². The minimum atomic E-state index is 0.115. The highest BCUT2D eigenvalue weighted by Gasteiger charge is 2.13. The van der Waals surface area contributed by atoms with Gasteiger partial charge in [0.05, 0.1) is 15.6 Å². The Morgan fingerprint density at radius 2 is 1.62 bits per heavy atom. The van der Waals surface area contributed by atoms with Gasteiger partial charge in [0.25, 0.3) is 0 Å². The van der Waals surface area contributed by atoms with E-state index < -0.39 is 0 Å². The zero-order valence-electron chi connectivity index (χ0n) is 13.7. The molecule has 1 aromatic rings. The van der Waals surface area contributed by atoms with Gasteiger partial charge in [-0.2, -0.15) is 0 Å². The van der Waals surface area contributed by atoms with Crippen molar-refractivity contribution < 1.29 is 4.74 Å². The fourth-order valence-electron chi connectivity index (χ4n) is 1.95. The van der Waals surface area contributed by atoms with Crippen LogP contribution in [-0.2, 0) is 6.54 Å². The van der Waals surface area contributed by atoms with E-state index in [1.165, 1.54) is 5.56 Å². The van der Waals surface area contributed by atoms with Crippen LogP contribution in [0.15, 0.2) is 21.1 Å². The Labute approximate surface area is 146 Å². The summed E-state index contributed by atoms with van der Waals surface area (Å²) < 4.78 is 8.01. The normalized spacial score (nSPS) is 12.0. The number of hydrogen-bond acceptors (Lipinski definition) is 2. The van der Waals surface area contributed by atoms with E-state index in [2.05, 4.69) is 83.9 Å². The van der Waals surface area contributed by atoms with Gasteiger partial charge in [-0.1, -0.05) is 26.7 Å². The zero-order valence-corrected chi connectivity index (χ0v) is 16.9. The molecular formula is C17H27Br2NO. The summed E-state index contributed by atoms with van der Waals surface area (Å²) in [7, 11) is 0. The molecule has 0 unspecified atom stereocenters. The molecule has 2 nitrogen and oxygen atoms in total. The summed E-state index contributed by atoms with van der Waals surface area (Å²) in [5.41, 5.74) is 1.35. The molecule has 0 fully saturated rings. The van der Waals surface area contributed by atoms with Crippen LogP contribution in [0.2, 0.25) is 0 Å². The second-order valence-corrected chi connectivity index (χ2v) is 8.19. The van der Waals surface area contributed by atoms with Gasteiger partial charge in [0.15, 0.2) is 0 Å². The summed E-state index contributed by atoms with van der Waals surface area (Å²) in [6, 6.07) is 4.26. The van der Waals surface area contributed by atoms with Crippen LogP contribution in [0.1, 0.15) is 53.0 Å². The molecule has 0 heterocycles. The molecule has 1 rings (SSSR count). The number of rotatable bonds is 7. The van der Waals surface area contributed by atoms with Gasteiger partial charge in [-0.3, -0.25) is 0 Å². The van der Waals surface area contributed by atoms with Gasteiger partial charge in [-0.25, -0.2) is 0 Å². The van der Waals surface area contributed by atoms with Crippen LogP contribution in [0, 0.1) is 5.92 Å². The Morgan fingerprint density at radius 3 is 2.05 bits per heavy atom. The van der Waals surface area contributed by atoms with Crippen LogP contribution >= 0.6 is 31.9 Å². The number of halogens is 2. The maximum atomic E-state index is 6.00. The molecule has 0 radical (unpaired) electrons. The molecule has 4 heteroatoms. The third-order valence-electron chi connectivity index (χ3n) is 3.50. The Bertz CT molecular complexity index is 428. The molecule has 0 saturated carbocycles. The Balaban J connectivity index is 2.75. The quantitative estimate of drug-likeness (QED) is 0.591. The van der Waals surface area contributed by atoms with Crippen LogP contribution < -0.4 is 10.1 Å². The first-order chi connectivity index (χ1) is 9.76. The monoisotopic (exact) mass is 419 g/mol. The lowest BCUT2D eigenvalue weighted by Crippen LogP contribution is -2.35. The van der Waals surface area contributed by atoms with Crippen LogP contribution in [0.4, 0.5) is 0 Å². The van der Waals surface area contributed by atoms with Gasteiger partial charge in [0.1, 0.15) is 5.75 Å². The van der Waals surface area contributed by atoms with Crippen LogP contribution in [-0.4, -0.2) is 12.1 Å². The van der Waals surface area contributed by atoms with Crippen LogP contribution in [0.5, 0.6) is 5.75 Å². The van der Waals surface area contributed by atoms with E-state index in [-0.39, 0.29) is 5.54 Å². The Kier molecular flexibility index (Phi) is 7.72. The highest BCUT2D eigenvalue weighted by molar-refractivity contribution is 9.11. The Hall–Kier alpha value is -0.0600. The van der Waals surface area contributed by atoms with Gasteiger partial charge in [0, 0.05) is 12.1 Å². The smallest absolute Gasteiger partial charge is 0.147 e. The van der Waals surface area contributed by atoms with Crippen molar-refractivity contribution >= 4 is 31.9 Å². The van der Waals surface area contributed by atoms with Crippen molar-refractivity contribution in [3.05, 3.63) is 26.6 Å². The number of benzene rings is 1. The van der Waals surface area contributed by atoms with E-state index in [1.807, 2.05) is 0 Å². The van der Waals surface area contributed by atoms with Crippen molar-refractivity contribution in [3.8, 4) is 5.75 Å². The molecule has 0 atom stereocenters. The summed E-state index contributed by atoms with van der Waals surface area (Å²) in [5.74, 6) is 1.52. The largest absolute Gasteiger partial charge is 0.491 e. The van der Waals surface area contributed by atoms with Gasteiger partial charge >= 0.3 is 0 Å². The summed E-state index contributed by atoms with van der Waals surface area (Å²) in [4.78, 5) is 0. The summed E-state index contributed by atoms with van der Waals surface area (Å²) in [5, 5.41) is 3.50. The van der Waals surface area contributed by atoms with Crippen molar-refractivity contribution in [3.63, 3.8) is 0 Å². The van der Waals surface area contributed by atoms with Crippen LogP contribution in [0.3, 0.4) is 0 Å². The average Bonchev–Trinajstić information content (AvgIpc) is 2.39. The molecule has 0 spiro atoms. The maximum absolute atomic E-state index is 6.00. The van der Waals surface area contributed by atoms with Gasteiger partial charge in [-0.15, -0.1) is 0 Å². The predicted molar refractivity (Wildman–Crippen MR) is 98.0 cm³/mol. The Morgan fingerprint density at radius 1 is 1.10 bits per heavy atom. The first-order valence-corrected chi connectivity index (χ1v) is 9.21. The first kappa shape index (κ1) is 19.0. The van der Waals surface area contributed by atoms with Gasteiger partial charge < -0.3 is 10.1 Å². The maximum Gasteiger partial charge on any atom is 0.147 e. The third-order valence-corrected chi connectivity index (χ3v) is 4.68. The molecule has 0 aliphatic carbocycles. The molecule has 1 aromatic carbocycles. The second-order valence-electron chi connectivity index (χ2n) is 6.49. The zero-order chi connectivity index (χ0) is 16.0. The SMILES string of the molecule is CCC(CC)COc1c(Br)cc(CNC(C)(C)C)cc1Br. The lowest BCUT2D eigenvalue weighted by atomic mass is 10.1. The van der Waals surface area contributed by atoms with Crippen molar-refractivity contribution in [2.24, 2.45) is 5.92 Å². The van der Waals surface area contributed by atoms with Gasteiger partial charge in [0.2, 0.25) is 0 Å². The third kappa shape index (κ3) is 6.70. The molecule has 0 bridgehead atoms. The summed E-state index contributed by atoms with van der Waals surface area (Å²) in [6.07, 6.45) is 2.30. The highest BCUT2D eigenvalue weighted by atomic mass is 79.9. The van der Waals surface area contributed by atoms with E-state index >= 15 is 0 Å². The van der Waals surface area contributed by atoms with E-state index in [4.69, 9.17) is 4.74 Å². The predicted octanol–water partition coefficient (Wildman–Crippen LogP) is 5.91. The van der Waals surface area contributed by atoms with E-state index in [9.17, 15) is 0 Å². The number of nitrogens with one attached hydrogen (secondary N) is 1. The topological polar surface area (TPSA) is 21.3 Å². The highest BCUT2D eigenvalue weighted by Crippen LogP contribution is 2.35. The number of ether oxygens (including phenoxy) is 1. The fraction of sp³-hybridized carbons (Fsp3) is 0.647. The lowest BCUT2D eigenvalue weighted by Gasteiger charge is -2.21. The molecule has 120 valence electrons. The minimum Gasteiger partial charge on any atom is -0.491 e. The van der Waals surface area contributed by atoms with E-state index in [1.54, 1.807) is 0 Å². The molecule has 1 N–H and O–H groups in total. The van der Waals surface area contributed by atoms with Crippen molar-refractivity contribution in [1.82, 2.24) is 5.32 Å². The van der Waals surface area contributed by atoms with Crippen LogP contribution in [0.25, 0.3) is 0 Å².